The van der Waals surface area contributed by atoms with E-state index in [1.165, 1.54) is 0 Å². The number of nitrogens with zero attached hydrogens (tertiary/aromatic N) is 2. The maximum absolute atomic E-state index is 12.5. The van der Waals surface area contributed by atoms with Crippen LogP contribution in [0.3, 0.4) is 0 Å². The van der Waals surface area contributed by atoms with E-state index in [1.54, 1.807) is 0 Å². The molecule has 0 aromatic heterocycles. The van der Waals surface area contributed by atoms with Crippen molar-refractivity contribution >= 4 is 5.91 Å². The Labute approximate surface area is 103 Å². The molecule has 0 N–H and O–H groups in total. The van der Waals surface area contributed by atoms with E-state index < -0.39 is 5.41 Å². The lowest BCUT2D eigenvalue weighted by Gasteiger charge is -2.46. The van der Waals surface area contributed by atoms with E-state index in [4.69, 9.17) is 4.74 Å². The Morgan fingerprint density at radius 1 is 1.41 bits per heavy atom. The van der Waals surface area contributed by atoms with Gasteiger partial charge in [0.15, 0.2) is 0 Å². The quantitative estimate of drug-likeness (QED) is 0.694. The number of hydrogen-bond acceptors (Lipinski definition) is 3. The van der Waals surface area contributed by atoms with Gasteiger partial charge in [-0.3, -0.25) is 4.79 Å². The molecule has 1 heterocycles. The van der Waals surface area contributed by atoms with Crippen molar-refractivity contribution in [2.45, 2.75) is 45.8 Å². The predicted molar refractivity (Wildman–Crippen MR) is 63.0 cm³/mol. The lowest BCUT2D eigenvalue weighted by Crippen LogP contribution is -2.57. The van der Waals surface area contributed by atoms with Crippen LogP contribution in [0.5, 0.6) is 0 Å². The molecule has 1 aliphatic carbocycles. The Balaban J connectivity index is 2.11. The van der Waals surface area contributed by atoms with E-state index >= 15 is 0 Å². The van der Waals surface area contributed by atoms with Gasteiger partial charge in [0, 0.05) is 6.54 Å². The summed E-state index contributed by atoms with van der Waals surface area (Å²) in [4.78, 5) is 14.3. The number of rotatable bonds is 1. The molecule has 0 aromatic carbocycles. The molecule has 2 unspecified atom stereocenters. The lowest BCUT2D eigenvalue weighted by molar-refractivity contribution is -0.157. The summed E-state index contributed by atoms with van der Waals surface area (Å²) in [7, 11) is 0. The van der Waals surface area contributed by atoms with Crippen LogP contribution in [0, 0.1) is 22.7 Å². The topological polar surface area (TPSA) is 53.3 Å². The Morgan fingerprint density at radius 2 is 2.06 bits per heavy atom. The predicted octanol–water partition coefficient (Wildman–Crippen LogP) is 1.56. The van der Waals surface area contributed by atoms with Crippen molar-refractivity contribution in [1.29, 1.82) is 5.26 Å². The number of carbonyl (C=O) groups excluding carboxylic acids is 1. The first-order valence-corrected chi connectivity index (χ1v) is 6.32. The van der Waals surface area contributed by atoms with Gasteiger partial charge in [-0.25, -0.2) is 0 Å². The molecular weight excluding hydrogens is 216 g/mol. The molecule has 94 valence electrons. The van der Waals surface area contributed by atoms with Gasteiger partial charge in [-0.1, -0.05) is 6.92 Å². The van der Waals surface area contributed by atoms with Crippen LogP contribution in [-0.4, -0.2) is 36.1 Å². The van der Waals surface area contributed by atoms with E-state index in [2.05, 4.69) is 13.0 Å². The summed E-state index contributed by atoms with van der Waals surface area (Å²) >= 11 is 0. The third-order valence-electron chi connectivity index (χ3n) is 3.89. The van der Waals surface area contributed by atoms with Crippen LogP contribution < -0.4 is 0 Å². The van der Waals surface area contributed by atoms with Gasteiger partial charge < -0.3 is 9.64 Å². The molecule has 1 amide bonds. The van der Waals surface area contributed by atoms with Gasteiger partial charge in [-0.05, 0) is 32.6 Å². The van der Waals surface area contributed by atoms with Crippen LogP contribution in [0.1, 0.15) is 33.6 Å². The third kappa shape index (κ3) is 2.04. The molecule has 2 aliphatic rings. The minimum atomic E-state index is -0.745. The van der Waals surface area contributed by atoms with Gasteiger partial charge >= 0.3 is 0 Å². The molecule has 4 heteroatoms. The second-order valence-corrected chi connectivity index (χ2v) is 5.66. The first kappa shape index (κ1) is 12.4. The van der Waals surface area contributed by atoms with Crippen molar-refractivity contribution in [3.05, 3.63) is 0 Å². The molecule has 0 radical (unpaired) electrons. The van der Waals surface area contributed by atoms with E-state index in [1.807, 2.05) is 18.7 Å². The molecule has 17 heavy (non-hydrogen) atoms. The molecule has 0 bridgehead atoms. The van der Waals surface area contributed by atoms with Crippen LogP contribution in [0.4, 0.5) is 0 Å². The normalized spacial score (nSPS) is 41.5. The molecule has 1 aliphatic heterocycles. The highest BCUT2D eigenvalue weighted by molar-refractivity contribution is 5.87. The largest absolute Gasteiger partial charge is 0.375 e. The number of morpholine rings is 1. The first-order chi connectivity index (χ1) is 7.98. The fourth-order valence-electron chi connectivity index (χ4n) is 2.90. The number of hydrogen-bond donors (Lipinski definition) is 0. The van der Waals surface area contributed by atoms with E-state index in [0.29, 0.717) is 31.9 Å². The van der Waals surface area contributed by atoms with Crippen molar-refractivity contribution in [2.75, 3.05) is 13.2 Å². The highest BCUT2D eigenvalue weighted by atomic mass is 16.5. The van der Waals surface area contributed by atoms with E-state index in [-0.39, 0.29) is 18.1 Å². The lowest BCUT2D eigenvalue weighted by atomic mass is 9.62. The van der Waals surface area contributed by atoms with Gasteiger partial charge in [-0.15, -0.1) is 0 Å². The zero-order valence-corrected chi connectivity index (χ0v) is 10.8. The fourth-order valence-corrected chi connectivity index (χ4v) is 2.90. The molecule has 1 saturated carbocycles. The summed E-state index contributed by atoms with van der Waals surface area (Å²) in [6, 6.07) is 2.33. The van der Waals surface area contributed by atoms with Gasteiger partial charge in [0.25, 0.3) is 0 Å². The maximum atomic E-state index is 12.5. The van der Waals surface area contributed by atoms with Gasteiger partial charge in [0.1, 0.15) is 5.41 Å². The van der Waals surface area contributed by atoms with E-state index in [0.717, 1.165) is 0 Å². The smallest absolute Gasteiger partial charge is 0.243 e. The standard InChI is InChI=1S/C13H20N2O2/c1-9-4-13(5-9,8-14)12(16)15-6-11(3)17-7-10(15)2/h9-11H,4-7H2,1-3H3. The SMILES string of the molecule is CC1CC(C#N)(C(=O)N2CC(C)OCC2C)C1. The minimum absolute atomic E-state index is 0.0146. The summed E-state index contributed by atoms with van der Waals surface area (Å²) in [5.41, 5.74) is -0.745. The minimum Gasteiger partial charge on any atom is -0.375 e. The fraction of sp³-hybridized carbons (Fsp3) is 0.846. The number of ether oxygens (including phenoxy) is 1. The van der Waals surface area contributed by atoms with Gasteiger partial charge in [0.05, 0.1) is 24.8 Å². The Kier molecular flexibility index (Phi) is 3.13. The van der Waals surface area contributed by atoms with E-state index in [9.17, 15) is 10.1 Å². The molecule has 0 aromatic rings. The maximum Gasteiger partial charge on any atom is 0.243 e. The Morgan fingerprint density at radius 3 is 2.59 bits per heavy atom. The van der Waals surface area contributed by atoms with Crippen molar-refractivity contribution in [3.8, 4) is 6.07 Å². The molecule has 2 fully saturated rings. The van der Waals surface area contributed by atoms with Crippen molar-refractivity contribution < 1.29 is 9.53 Å². The first-order valence-electron chi connectivity index (χ1n) is 6.32. The number of nitriles is 1. The average molecular weight is 236 g/mol. The zero-order valence-electron chi connectivity index (χ0n) is 10.8. The second-order valence-electron chi connectivity index (χ2n) is 5.66. The summed E-state index contributed by atoms with van der Waals surface area (Å²) in [5.74, 6) is 0.508. The molecule has 2 atom stereocenters. The van der Waals surface area contributed by atoms with Crippen molar-refractivity contribution in [2.24, 2.45) is 11.3 Å². The highest BCUT2D eigenvalue weighted by Gasteiger charge is 2.51. The molecular formula is C13H20N2O2. The average Bonchev–Trinajstić information content (AvgIpc) is 2.27. The molecule has 1 saturated heterocycles. The number of carbonyl (C=O) groups is 1. The highest BCUT2D eigenvalue weighted by Crippen LogP contribution is 2.46. The third-order valence-corrected chi connectivity index (χ3v) is 3.89. The molecule has 4 nitrogen and oxygen atoms in total. The molecule has 0 spiro atoms. The molecule has 2 rings (SSSR count). The summed E-state index contributed by atoms with van der Waals surface area (Å²) in [6.07, 6.45) is 1.49. The van der Waals surface area contributed by atoms with Crippen LogP contribution in [0.15, 0.2) is 0 Å². The second kappa shape index (κ2) is 4.30. The zero-order chi connectivity index (χ0) is 12.6. The van der Waals surface area contributed by atoms with Crippen LogP contribution >= 0.6 is 0 Å². The monoisotopic (exact) mass is 236 g/mol. The van der Waals surface area contributed by atoms with Crippen molar-refractivity contribution in [3.63, 3.8) is 0 Å². The van der Waals surface area contributed by atoms with Crippen LogP contribution in [0.2, 0.25) is 0 Å². The summed E-state index contributed by atoms with van der Waals surface area (Å²) in [5, 5.41) is 9.28. The van der Waals surface area contributed by atoms with Crippen molar-refractivity contribution in [1.82, 2.24) is 4.90 Å². The van der Waals surface area contributed by atoms with Gasteiger partial charge in [-0.2, -0.15) is 5.26 Å². The summed E-state index contributed by atoms with van der Waals surface area (Å²) < 4.78 is 5.51. The van der Waals surface area contributed by atoms with Crippen LogP contribution in [-0.2, 0) is 9.53 Å². The number of amides is 1. The Bertz CT molecular complexity index is 355. The van der Waals surface area contributed by atoms with Crippen LogP contribution in [0.25, 0.3) is 0 Å². The van der Waals surface area contributed by atoms with Gasteiger partial charge in [0.2, 0.25) is 5.91 Å². The summed E-state index contributed by atoms with van der Waals surface area (Å²) in [6.45, 7) is 7.22. The Hall–Kier alpha value is -1.08.